The molecule has 1 heterocycles. The van der Waals surface area contributed by atoms with Crippen LogP contribution in [-0.2, 0) is 11.3 Å². The van der Waals surface area contributed by atoms with Gasteiger partial charge in [0.15, 0.2) is 0 Å². The second-order valence-corrected chi connectivity index (χ2v) is 5.48. The molecule has 5 nitrogen and oxygen atoms in total. The fraction of sp³-hybridized carbons (Fsp3) is 0.263. The Morgan fingerprint density at radius 2 is 2.00 bits per heavy atom. The van der Waals surface area contributed by atoms with Gasteiger partial charge in [-0.1, -0.05) is 18.2 Å². The van der Waals surface area contributed by atoms with Crippen molar-refractivity contribution in [3.8, 4) is 5.75 Å². The summed E-state index contributed by atoms with van der Waals surface area (Å²) in [4.78, 5) is 16.6. The number of rotatable bonds is 5. The lowest BCUT2D eigenvalue weighted by Gasteiger charge is -2.11. The van der Waals surface area contributed by atoms with Gasteiger partial charge in [-0.25, -0.2) is 9.78 Å². The highest BCUT2D eigenvalue weighted by atomic mass is 16.5. The summed E-state index contributed by atoms with van der Waals surface area (Å²) < 4.78 is 12.6. The summed E-state index contributed by atoms with van der Waals surface area (Å²) in [5, 5.41) is 0. The maximum atomic E-state index is 12.0. The van der Waals surface area contributed by atoms with Gasteiger partial charge in [-0.2, -0.15) is 0 Å². The van der Waals surface area contributed by atoms with E-state index in [-0.39, 0.29) is 5.97 Å². The number of nitrogens with zero attached hydrogens (tertiary/aromatic N) is 2. The smallest absolute Gasteiger partial charge is 0.338 e. The van der Waals surface area contributed by atoms with Crippen LogP contribution in [-0.4, -0.2) is 29.2 Å². The number of hydrogen-bond donors (Lipinski definition) is 0. The van der Waals surface area contributed by atoms with Crippen LogP contribution in [0.2, 0.25) is 0 Å². The minimum absolute atomic E-state index is 0.318. The standard InChI is InChI=1S/C19H20N2O3/c1-4-24-19(22)14-9-10-16-17(11-14)21(13(2)20-16)12-15-7-5-6-8-18(15)23-3/h5-11H,4,12H2,1-3H3. The highest BCUT2D eigenvalue weighted by molar-refractivity contribution is 5.93. The Bertz CT molecular complexity index is 883. The number of aromatic nitrogens is 2. The van der Waals surface area contributed by atoms with Crippen molar-refractivity contribution in [1.29, 1.82) is 0 Å². The molecule has 3 aromatic rings. The van der Waals surface area contributed by atoms with E-state index in [2.05, 4.69) is 9.55 Å². The Balaban J connectivity index is 2.05. The molecule has 0 saturated carbocycles. The lowest BCUT2D eigenvalue weighted by molar-refractivity contribution is 0.0526. The summed E-state index contributed by atoms with van der Waals surface area (Å²) in [7, 11) is 1.66. The molecule has 0 fully saturated rings. The molecular formula is C19H20N2O3. The number of carbonyl (C=O) groups excluding carboxylic acids is 1. The van der Waals surface area contributed by atoms with E-state index >= 15 is 0 Å². The number of ether oxygens (including phenoxy) is 2. The van der Waals surface area contributed by atoms with Gasteiger partial charge < -0.3 is 14.0 Å². The number of methoxy groups -OCH3 is 1. The first kappa shape index (κ1) is 16.1. The van der Waals surface area contributed by atoms with Crippen molar-refractivity contribution in [1.82, 2.24) is 9.55 Å². The molecule has 5 heteroatoms. The van der Waals surface area contributed by atoms with Crippen LogP contribution in [0.5, 0.6) is 5.75 Å². The van der Waals surface area contributed by atoms with E-state index in [1.165, 1.54) is 0 Å². The number of aryl methyl sites for hydroxylation is 1. The molecule has 0 aliphatic heterocycles. The molecule has 3 rings (SSSR count). The molecule has 0 atom stereocenters. The molecule has 0 bridgehead atoms. The molecular weight excluding hydrogens is 304 g/mol. The van der Waals surface area contributed by atoms with Gasteiger partial charge in [-0.3, -0.25) is 0 Å². The van der Waals surface area contributed by atoms with Crippen molar-refractivity contribution < 1.29 is 14.3 Å². The SMILES string of the molecule is CCOC(=O)c1ccc2nc(C)n(Cc3ccccc3OC)c2c1. The summed E-state index contributed by atoms with van der Waals surface area (Å²) in [5.41, 5.74) is 3.36. The van der Waals surface area contributed by atoms with Gasteiger partial charge in [0.1, 0.15) is 11.6 Å². The van der Waals surface area contributed by atoms with Crippen molar-refractivity contribution in [3.63, 3.8) is 0 Å². The average molecular weight is 324 g/mol. The van der Waals surface area contributed by atoms with E-state index in [1.807, 2.05) is 43.3 Å². The molecule has 1 aromatic heterocycles. The van der Waals surface area contributed by atoms with Gasteiger partial charge in [-0.05, 0) is 38.1 Å². The fourth-order valence-electron chi connectivity index (χ4n) is 2.79. The van der Waals surface area contributed by atoms with Gasteiger partial charge >= 0.3 is 5.97 Å². The number of benzene rings is 2. The zero-order valence-electron chi connectivity index (χ0n) is 14.1. The molecule has 0 saturated heterocycles. The summed E-state index contributed by atoms with van der Waals surface area (Å²) >= 11 is 0. The lowest BCUT2D eigenvalue weighted by Crippen LogP contribution is -2.06. The zero-order chi connectivity index (χ0) is 17.1. The van der Waals surface area contributed by atoms with Crippen LogP contribution in [0.25, 0.3) is 11.0 Å². The van der Waals surface area contributed by atoms with E-state index in [9.17, 15) is 4.79 Å². The van der Waals surface area contributed by atoms with Crippen molar-refractivity contribution in [2.24, 2.45) is 0 Å². The fourth-order valence-corrected chi connectivity index (χ4v) is 2.79. The first-order chi connectivity index (χ1) is 11.6. The lowest BCUT2D eigenvalue weighted by atomic mass is 10.1. The van der Waals surface area contributed by atoms with Crippen LogP contribution in [0.3, 0.4) is 0 Å². The first-order valence-corrected chi connectivity index (χ1v) is 7.90. The third-order valence-corrected chi connectivity index (χ3v) is 3.97. The van der Waals surface area contributed by atoms with E-state index in [0.717, 1.165) is 28.2 Å². The monoisotopic (exact) mass is 324 g/mol. The first-order valence-electron chi connectivity index (χ1n) is 7.90. The molecule has 2 aromatic carbocycles. The van der Waals surface area contributed by atoms with Crippen molar-refractivity contribution in [2.75, 3.05) is 13.7 Å². The van der Waals surface area contributed by atoms with E-state index in [1.54, 1.807) is 20.1 Å². The summed E-state index contributed by atoms with van der Waals surface area (Å²) in [5.74, 6) is 1.40. The van der Waals surface area contributed by atoms with Crippen LogP contribution in [0.15, 0.2) is 42.5 Å². The molecule has 0 amide bonds. The Morgan fingerprint density at radius 3 is 2.75 bits per heavy atom. The highest BCUT2D eigenvalue weighted by Gasteiger charge is 2.14. The molecule has 0 radical (unpaired) electrons. The largest absolute Gasteiger partial charge is 0.496 e. The normalized spacial score (nSPS) is 10.8. The second kappa shape index (κ2) is 6.74. The van der Waals surface area contributed by atoms with Crippen molar-refractivity contribution in [3.05, 3.63) is 59.4 Å². The van der Waals surface area contributed by atoms with Crippen LogP contribution in [0.4, 0.5) is 0 Å². The minimum Gasteiger partial charge on any atom is -0.496 e. The number of carbonyl (C=O) groups is 1. The molecule has 0 aliphatic carbocycles. The zero-order valence-corrected chi connectivity index (χ0v) is 14.1. The highest BCUT2D eigenvalue weighted by Crippen LogP contribution is 2.23. The summed E-state index contributed by atoms with van der Waals surface area (Å²) in [6.07, 6.45) is 0. The Kier molecular flexibility index (Phi) is 4.51. The quantitative estimate of drug-likeness (QED) is 0.673. The van der Waals surface area contributed by atoms with Gasteiger partial charge in [0, 0.05) is 5.56 Å². The van der Waals surface area contributed by atoms with Crippen LogP contribution >= 0.6 is 0 Å². The Morgan fingerprint density at radius 1 is 1.21 bits per heavy atom. The van der Waals surface area contributed by atoms with Gasteiger partial charge in [-0.15, -0.1) is 0 Å². The topological polar surface area (TPSA) is 53.3 Å². The van der Waals surface area contributed by atoms with Crippen molar-refractivity contribution >= 4 is 17.0 Å². The number of fused-ring (bicyclic) bond motifs is 1. The molecule has 0 aliphatic rings. The molecule has 0 unspecified atom stereocenters. The van der Waals surface area contributed by atoms with Crippen LogP contribution < -0.4 is 4.74 Å². The van der Waals surface area contributed by atoms with Crippen LogP contribution in [0.1, 0.15) is 28.7 Å². The minimum atomic E-state index is -0.318. The molecule has 124 valence electrons. The summed E-state index contributed by atoms with van der Waals surface area (Å²) in [6, 6.07) is 13.3. The van der Waals surface area contributed by atoms with E-state index in [4.69, 9.17) is 9.47 Å². The third kappa shape index (κ3) is 2.97. The summed E-state index contributed by atoms with van der Waals surface area (Å²) in [6.45, 7) is 4.74. The number of hydrogen-bond acceptors (Lipinski definition) is 4. The van der Waals surface area contributed by atoms with Crippen molar-refractivity contribution in [2.45, 2.75) is 20.4 Å². The van der Waals surface area contributed by atoms with E-state index < -0.39 is 0 Å². The third-order valence-electron chi connectivity index (χ3n) is 3.97. The predicted molar refractivity (Wildman–Crippen MR) is 92.5 cm³/mol. The average Bonchev–Trinajstić information content (AvgIpc) is 2.90. The molecule has 0 N–H and O–H groups in total. The molecule has 24 heavy (non-hydrogen) atoms. The second-order valence-electron chi connectivity index (χ2n) is 5.48. The number of esters is 1. The maximum absolute atomic E-state index is 12.0. The maximum Gasteiger partial charge on any atom is 0.338 e. The van der Waals surface area contributed by atoms with Gasteiger partial charge in [0.25, 0.3) is 0 Å². The van der Waals surface area contributed by atoms with Crippen LogP contribution in [0, 0.1) is 6.92 Å². The van der Waals surface area contributed by atoms with Gasteiger partial charge in [0.2, 0.25) is 0 Å². The molecule has 0 spiro atoms. The number of para-hydroxylation sites is 1. The van der Waals surface area contributed by atoms with E-state index in [0.29, 0.717) is 18.7 Å². The number of imidazole rings is 1. The predicted octanol–water partition coefficient (Wildman–Crippen LogP) is 3.58. The van der Waals surface area contributed by atoms with Gasteiger partial charge in [0.05, 0.1) is 36.9 Å². The Hall–Kier alpha value is -2.82. The Labute approximate surface area is 140 Å².